The molecule has 2 aliphatic rings. The lowest BCUT2D eigenvalue weighted by molar-refractivity contribution is 0.660. The van der Waals surface area contributed by atoms with E-state index in [0.29, 0.717) is 0 Å². The van der Waals surface area contributed by atoms with Crippen molar-refractivity contribution in [3.8, 4) is 22.3 Å². The summed E-state index contributed by atoms with van der Waals surface area (Å²) >= 11 is 0. The maximum atomic E-state index is 2.54. The first-order valence-electron chi connectivity index (χ1n) is 26.8. The van der Waals surface area contributed by atoms with Crippen LogP contribution in [0.15, 0.2) is 231 Å². The van der Waals surface area contributed by atoms with Gasteiger partial charge < -0.3 is 18.6 Å². The number of hydrogen-bond donors (Lipinski definition) is 0. The molecule has 0 fully saturated rings. The minimum atomic E-state index is -0.104. The fraction of sp³-hybridized carbons (Fsp3) is 0.0833. The molecular weight excluding hydrogens is 921 g/mol. The molecule has 2 aliphatic carbocycles. The van der Waals surface area contributed by atoms with Crippen molar-refractivity contribution in [2.24, 2.45) is 0 Å². The van der Waals surface area contributed by atoms with Crippen LogP contribution in [-0.4, -0.2) is 8.80 Å². The number of benzene rings is 11. The van der Waals surface area contributed by atoms with Crippen molar-refractivity contribution in [3.05, 3.63) is 253 Å². The van der Waals surface area contributed by atoms with Crippen LogP contribution in [-0.2, 0) is 10.8 Å². The molecular formula is C72H50N4. The van der Waals surface area contributed by atoms with Gasteiger partial charge in [0.1, 0.15) is 0 Å². The molecule has 0 spiro atoms. The first-order valence-corrected chi connectivity index (χ1v) is 26.8. The molecule has 4 heterocycles. The van der Waals surface area contributed by atoms with E-state index in [1.54, 1.807) is 0 Å². The number of rotatable bonds is 6. The summed E-state index contributed by atoms with van der Waals surface area (Å²) in [6, 6.07) is 86.6. The molecule has 0 bridgehead atoms. The third kappa shape index (κ3) is 5.37. The molecule has 4 aromatic heterocycles. The normalized spacial score (nSPS) is 14.3. The summed E-state index contributed by atoms with van der Waals surface area (Å²) in [7, 11) is 0. The van der Waals surface area contributed by atoms with E-state index in [-0.39, 0.29) is 10.8 Å². The van der Waals surface area contributed by atoms with Gasteiger partial charge in [0.05, 0.1) is 33.1 Å². The van der Waals surface area contributed by atoms with Crippen molar-refractivity contribution in [2.45, 2.75) is 38.5 Å². The van der Waals surface area contributed by atoms with E-state index < -0.39 is 0 Å². The van der Waals surface area contributed by atoms with Gasteiger partial charge in [-0.2, -0.15) is 0 Å². The maximum absolute atomic E-state index is 2.54. The number of anilines is 6. The predicted octanol–water partition coefficient (Wildman–Crippen LogP) is 19.5. The van der Waals surface area contributed by atoms with Crippen LogP contribution in [0, 0.1) is 0 Å². The summed E-state index contributed by atoms with van der Waals surface area (Å²) in [5.74, 6) is 0. The molecule has 0 amide bonds. The zero-order valence-electron chi connectivity index (χ0n) is 42.7. The van der Waals surface area contributed by atoms with Crippen LogP contribution in [0.5, 0.6) is 0 Å². The molecule has 0 radical (unpaired) electrons. The van der Waals surface area contributed by atoms with E-state index in [1.165, 1.54) is 121 Å². The minimum Gasteiger partial charge on any atom is -0.310 e. The quantitative estimate of drug-likeness (QED) is 0.165. The molecule has 4 nitrogen and oxygen atoms in total. The van der Waals surface area contributed by atoms with Crippen LogP contribution in [0.2, 0.25) is 0 Å². The number of nitrogens with zero attached hydrogens (tertiary/aromatic N) is 4. The number of fused-ring (bicyclic) bond motifs is 18. The van der Waals surface area contributed by atoms with Crippen molar-refractivity contribution in [3.63, 3.8) is 0 Å². The second-order valence-corrected chi connectivity index (χ2v) is 22.5. The first-order chi connectivity index (χ1) is 37.2. The van der Waals surface area contributed by atoms with Crippen LogP contribution in [0.1, 0.15) is 49.9 Å². The Bertz CT molecular complexity index is 4620. The summed E-state index contributed by atoms with van der Waals surface area (Å²) in [6.07, 6.45) is 0. The van der Waals surface area contributed by atoms with Gasteiger partial charge in [-0.15, -0.1) is 0 Å². The van der Waals surface area contributed by atoms with Gasteiger partial charge in [0.2, 0.25) is 0 Å². The van der Waals surface area contributed by atoms with Gasteiger partial charge in [-0.05, 0) is 142 Å². The van der Waals surface area contributed by atoms with Gasteiger partial charge in [-0.25, -0.2) is 0 Å². The molecule has 76 heavy (non-hydrogen) atoms. The summed E-state index contributed by atoms with van der Waals surface area (Å²) < 4.78 is 5.08. The van der Waals surface area contributed by atoms with E-state index >= 15 is 0 Å². The number of aromatic nitrogens is 2. The Labute approximate surface area is 440 Å². The third-order valence-electron chi connectivity index (χ3n) is 17.9. The largest absolute Gasteiger partial charge is 0.310 e. The number of para-hydroxylation sites is 4. The van der Waals surface area contributed by atoms with Gasteiger partial charge in [-0.1, -0.05) is 161 Å². The van der Waals surface area contributed by atoms with Crippen molar-refractivity contribution < 1.29 is 0 Å². The number of hydrogen-bond acceptors (Lipinski definition) is 2. The van der Waals surface area contributed by atoms with Gasteiger partial charge in [0.25, 0.3) is 0 Å². The molecule has 358 valence electrons. The zero-order valence-corrected chi connectivity index (χ0v) is 42.7. The zero-order chi connectivity index (χ0) is 50.3. The van der Waals surface area contributed by atoms with E-state index in [1.807, 2.05) is 0 Å². The van der Waals surface area contributed by atoms with Crippen LogP contribution in [0.4, 0.5) is 34.1 Å². The summed E-state index contributed by atoms with van der Waals surface area (Å²) in [4.78, 5) is 4.87. The Kier molecular flexibility index (Phi) is 8.12. The molecule has 0 N–H and O–H groups in total. The SMILES string of the molecule is CC1(C)c2ccccc2-c2ccc(N(c3ccccc3)c3ccc4c(c3)c3cccc5c6cc7c(cc6n4c35)c3cccc4c5cc(N(c6ccccc6)c6ccc8c(c6)C(C)(C)c6ccccc6-8)ccc5n7c43)cc21. The Morgan fingerprint density at radius 2 is 0.592 bits per heavy atom. The fourth-order valence-corrected chi connectivity index (χ4v) is 14.4. The molecule has 0 saturated carbocycles. The van der Waals surface area contributed by atoms with E-state index in [9.17, 15) is 0 Å². The van der Waals surface area contributed by atoms with Crippen LogP contribution >= 0.6 is 0 Å². The predicted molar refractivity (Wildman–Crippen MR) is 320 cm³/mol. The highest BCUT2D eigenvalue weighted by Gasteiger charge is 2.37. The van der Waals surface area contributed by atoms with E-state index in [2.05, 4.69) is 277 Å². The van der Waals surface area contributed by atoms with E-state index in [0.717, 1.165) is 34.1 Å². The van der Waals surface area contributed by atoms with Gasteiger partial charge in [0, 0.05) is 88.0 Å². The van der Waals surface area contributed by atoms with Crippen LogP contribution in [0.25, 0.3) is 98.4 Å². The van der Waals surface area contributed by atoms with Gasteiger partial charge >= 0.3 is 0 Å². The van der Waals surface area contributed by atoms with Crippen LogP contribution in [0.3, 0.4) is 0 Å². The fourth-order valence-electron chi connectivity index (χ4n) is 14.4. The summed E-state index contributed by atoms with van der Waals surface area (Å²) in [6.45, 7) is 9.46. The molecule has 11 aromatic carbocycles. The highest BCUT2D eigenvalue weighted by Crippen LogP contribution is 2.54. The Hall–Kier alpha value is -9.38. The van der Waals surface area contributed by atoms with Gasteiger partial charge in [0.15, 0.2) is 0 Å². The maximum Gasteiger partial charge on any atom is 0.0620 e. The summed E-state index contributed by atoms with van der Waals surface area (Å²) in [5.41, 5.74) is 25.0. The smallest absolute Gasteiger partial charge is 0.0620 e. The Morgan fingerprint density at radius 1 is 0.250 bits per heavy atom. The van der Waals surface area contributed by atoms with Gasteiger partial charge in [-0.3, -0.25) is 0 Å². The molecule has 0 aliphatic heterocycles. The van der Waals surface area contributed by atoms with Crippen LogP contribution < -0.4 is 9.80 Å². The average Bonchev–Trinajstić information content (AvgIpc) is 4.32. The van der Waals surface area contributed by atoms with Crippen molar-refractivity contribution >= 4 is 110 Å². The molecule has 4 heteroatoms. The second kappa shape index (κ2) is 14.7. The topological polar surface area (TPSA) is 15.3 Å². The molecule has 0 unspecified atom stereocenters. The monoisotopic (exact) mass is 970 g/mol. The Morgan fingerprint density at radius 3 is 1.01 bits per heavy atom. The molecule has 15 aromatic rings. The van der Waals surface area contributed by atoms with Crippen molar-refractivity contribution in [2.75, 3.05) is 9.80 Å². The average molecular weight is 971 g/mol. The highest BCUT2D eigenvalue weighted by molar-refractivity contribution is 6.29. The second-order valence-electron chi connectivity index (χ2n) is 22.5. The lowest BCUT2D eigenvalue weighted by Gasteiger charge is -2.28. The lowest BCUT2D eigenvalue weighted by Crippen LogP contribution is -2.16. The molecule has 0 saturated heterocycles. The van der Waals surface area contributed by atoms with Crippen molar-refractivity contribution in [1.82, 2.24) is 8.80 Å². The highest BCUT2D eigenvalue weighted by atomic mass is 15.1. The van der Waals surface area contributed by atoms with E-state index in [4.69, 9.17) is 0 Å². The summed E-state index contributed by atoms with van der Waals surface area (Å²) in [5, 5.41) is 10.1. The molecule has 17 rings (SSSR count). The standard InChI is InChI=1S/C72H50N4/c1-71(2)61-27-13-11-21-49(61)51-33-29-47(39-63(51)71)73(43-17-7-5-8-18-43)45-31-35-65-57(37-45)53-23-15-25-55-59-42-68-60(41-67(59)75(65)69(53)55)56-26-16-24-54-58-38-46(32-36-66(58)76(68)70(54)56)74(44-19-9-6-10-20-44)48-30-34-52-50-22-12-14-28-62(50)72(3,4)64(52)40-48/h5-42H,1-4H3. The minimum absolute atomic E-state index is 0.104. The Balaban J connectivity index is 0.825. The first kappa shape index (κ1) is 42.0. The third-order valence-corrected chi connectivity index (χ3v) is 17.9. The van der Waals surface area contributed by atoms with Crippen molar-refractivity contribution in [1.29, 1.82) is 0 Å². The molecule has 0 atom stereocenters. The lowest BCUT2D eigenvalue weighted by atomic mass is 9.82.